The third-order valence-electron chi connectivity index (χ3n) is 6.94. The molecular formula is C22H12N14O8. The second-order valence-electron chi connectivity index (χ2n) is 9.28. The van der Waals surface area contributed by atoms with Crippen molar-refractivity contribution >= 4 is 66.9 Å². The summed E-state index contributed by atoms with van der Waals surface area (Å²) in [5.74, 6) is 8.28. The SMILES string of the molecule is Nn1nc([N+](=O)[O-])c2c1c([N+](=O)[O-])nn2-c1ccc2cc3ccccc3c(-n3nc([N+](=O)[O-])c4c3c([N+](=O)[O-])nn4N)c2c1. The van der Waals surface area contributed by atoms with Gasteiger partial charge in [0.15, 0.2) is 0 Å². The molecule has 0 bridgehead atoms. The van der Waals surface area contributed by atoms with Gasteiger partial charge in [-0.15, -0.1) is 9.36 Å². The van der Waals surface area contributed by atoms with E-state index in [-0.39, 0.29) is 27.8 Å². The topological polar surface area (TPSA) is 296 Å². The molecule has 4 N–H and O–H groups in total. The summed E-state index contributed by atoms with van der Waals surface area (Å²) in [6.07, 6.45) is 0. The van der Waals surface area contributed by atoms with Gasteiger partial charge in [-0.3, -0.25) is 0 Å². The summed E-state index contributed by atoms with van der Waals surface area (Å²) in [4.78, 5) is 45.0. The molecule has 22 heteroatoms. The molecule has 7 rings (SSSR count). The fourth-order valence-electron chi connectivity index (χ4n) is 5.25. The van der Waals surface area contributed by atoms with Gasteiger partial charge in [-0.05, 0) is 48.7 Å². The molecule has 0 amide bonds. The third kappa shape index (κ3) is 3.34. The van der Waals surface area contributed by atoms with Crippen LogP contribution in [-0.4, -0.2) is 59.0 Å². The highest BCUT2D eigenvalue weighted by atomic mass is 16.6. The van der Waals surface area contributed by atoms with Crippen LogP contribution in [0, 0.1) is 40.5 Å². The Morgan fingerprint density at radius 1 is 0.545 bits per heavy atom. The number of nitrogen functional groups attached to an aromatic ring is 2. The number of nitrogens with zero attached hydrogens (tertiary/aromatic N) is 12. The summed E-state index contributed by atoms with van der Waals surface area (Å²) in [6.45, 7) is 0. The highest BCUT2D eigenvalue weighted by molar-refractivity contribution is 6.09. The van der Waals surface area contributed by atoms with Gasteiger partial charge in [-0.1, -0.05) is 39.9 Å². The fraction of sp³-hybridized carbons (Fsp3) is 0. The van der Waals surface area contributed by atoms with Gasteiger partial charge in [0, 0.05) is 10.8 Å². The van der Waals surface area contributed by atoms with Crippen LogP contribution in [0.3, 0.4) is 0 Å². The van der Waals surface area contributed by atoms with Gasteiger partial charge >= 0.3 is 23.3 Å². The molecule has 0 saturated heterocycles. The standard InChI is InChI=1S/C22H12N14O8/c23-31-17-15(19(27-31)33(37)38)29(25-21(17)35(41)42)11-6-5-10-7-9-3-1-2-4-12(9)14(13(10)8-11)30-16-18(22(26-30)36(43)44)32(24)28-20(16)34(39)40/h1-8H,23-24H2. The molecule has 0 aliphatic heterocycles. The van der Waals surface area contributed by atoms with Gasteiger partial charge in [-0.25, -0.2) is 0 Å². The lowest BCUT2D eigenvalue weighted by atomic mass is 10.00. The molecule has 0 unspecified atom stereocenters. The van der Waals surface area contributed by atoms with E-state index in [1.165, 1.54) is 12.1 Å². The van der Waals surface area contributed by atoms with Gasteiger partial charge in [0.1, 0.15) is 5.69 Å². The average Bonchev–Trinajstić information content (AvgIpc) is 3.72. The fourth-order valence-corrected chi connectivity index (χ4v) is 5.25. The van der Waals surface area contributed by atoms with Gasteiger partial charge in [-0.2, -0.15) is 0 Å². The zero-order valence-corrected chi connectivity index (χ0v) is 21.4. The van der Waals surface area contributed by atoms with Crippen molar-refractivity contribution in [1.29, 1.82) is 0 Å². The first-order valence-corrected chi connectivity index (χ1v) is 12.1. The molecule has 22 nitrogen and oxygen atoms in total. The quantitative estimate of drug-likeness (QED) is 0.120. The summed E-state index contributed by atoms with van der Waals surface area (Å²) in [5, 5.41) is 64.6. The number of benzene rings is 3. The summed E-state index contributed by atoms with van der Waals surface area (Å²) < 4.78 is 1.90. The molecule has 4 heterocycles. The summed E-state index contributed by atoms with van der Waals surface area (Å²) in [5.41, 5.74) is -1.40. The Morgan fingerprint density at radius 3 is 1.59 bits per heavy atom. The number of nitrogens with two attached hydrogens (primary N) is 2. The van der Waals surface area contributed by atoms with E-state index in [1.54, 1.807) is 36.4 Å². The maximum atomic E-state index is 12.0. The van der Waals surface area contributed by atoms with Crippen LogP contribution >= 0.6 is 0 Å². The minimum atomic E-state index is -0.878. The maximum Gasteiger partial charge on any atom is 0.421 e. The zero-order valence-electron chi connectivity index (χ0n) is 21.4. The molecule has 0 saturated carbocycles. The molecule has 4 aromatic heterocycles. The molecule has 0 spiro atoms. The van der Waals surface area contributed by atoms with E-state index < -0.39 is 54.0 Å². The largest absolute Gasteiger partial charge is 0.421 e. The number of nitro groups is 4. The molecule has 0 aliphatic carbocycles. The molecule has 218 valence electrons. The second kappa shape index (κ2) is 8.62. The minimum absolute atomic E-state index is 0.0603. The van der Waals surface area contributed by atoms with Crippen molar-refractivity contribution < 1.29 is 19.7 Å². The zero-order chi connectivity index (χ0) is 31.2. The lowest BCUT2D eigenvalue weighted by Gasteiger charge is -2.11. The normalized spacial score (nSPS) is 11.6. The maximum absolute atomic E-state index is 12.0. The van der Waals surface area contributed by atoms with E-state index in [1.807, 2.05) is 0 Å². The number of hydrogen-bond donors (Lipinski definition) is 2. The molecule has 0 radical (unpaired) electrons. The van der Waals surface area contributed by atoms with E-state index in [0.717, 1.165) is 9.36 Å². The van der Waals surface area contributed by atoms with Crippen molar-refractivity contribution in [3.63, 3.8) is 0 Å². The van der Waals surface area contributed by atoms with Crippen LogP contribution in [-0.2, 0) is 0 Å². The van der Waals surface area contributed by atoms with Crippen LogP contribution in [0.15, 0.2) is 48.5 Å². The Bertz CT molecular complexity index is 2430. The first-order valence-electron chi connectivity index (χ1n) is 12.1. The number of aromatic nitrogens is 8. The second-order valence-corrected chi connectivity index (χ2v) is 9.28. The van der Waals surface area contributed by atoms with Crippen LogP contribution in [0.1, 0.15) is 0 Å². The van der Waals surface area contributed by atoms with E-state index in [0.29, 0.717) is 25.7 Å². The first kappa shape index (κ1) is 25.7. The van der Waals surface area contributed by atoms with Crippen LogP contribution < -0.4 is 11.7 Å². The summed E-state index contributed by atoms with van der Waals surface area (Å²) in [6, 6.07) is 13.0. The summed E-state index contributed by atoms with van der Waals surface area (Å²) >= 11 is 0. The molecule has 44 heavy (non-hydrogen) atoms. The number of hydrogen-bond acceptors (Lipinski definition) is 14. The smallest absolute Gasteiger partial charge is 0.358 e. The van der Waals surface area contributed by atoms with Crippen LogP contribution in [0.25, 0.3) is 55.0 Å². The van der Waals surface area contributed by atoms with Gasteiger partial charge in [0.2, 0.25) is 22.1 Å². The van der Waals surface area contributed by atoms with E-state index in [4.69, 9.17) is 11.7 Å². The summed E-state index contributed by atoms with van der Waals surface area (Å²) in [7, 11) is 0. The molecule has 7 aromatic rings. The minimum Gasteiger partial charge on any atom is -0.358 e. The Hall–Kier alpha value is -7.26. The van der Waals surface area contributed by atoms with Gasteiger partial charge in [0.05, 0.1) is 26.1 Å². The van der Waals surface area contributed by atoms with E-state index >= 15 is 0 Å². The molecular weight excluding hydrogens is 588 g/mol. The predicted molar refractivity (Wildman–Crippen MR) is 149 cm³/mol. The predicted octanol–water partition coefficient (Wildman–Crippen LogP) is 2.12. The van der Waals surface area contributed by atoms with Crippen molar-refractivity contribution in [1.82, 2.24) is 39.3 Å². The molecule has 0 atom stereocenters. The van der Waals surface area contributed by atoms with Crippen molar-refractivity contribution in [3.05, 3.63) is 89.0 Å². The monoisotopic (exact) mass is 600 g/mol. The Balaban J connectivity index is 1.64. The first-order chi connectivity index (χ1) is 21.0. The average molecular weight is 600 g/mol. The van der Waals surface area contributed by atoms with Gasteiger partial charge < -0.3 is 52.1 Å². The van der Waals surface area contributed by atoms with E-state index in [2.05, 4.69) is 20.4 Å². The lowest BCUT2D eigenvalue weighted by Crippen LogP contribution is -2.11. The Labute approximate surface area is 238 Å². The van der Waals surface area contributed by atoms with Gasteiger partial charge in [0.25, 0.3) is 0 Å². The van der Waals surface area contributed by atoms with Crippen molar-refractivity contribution in [3.8, 4) is 11.4 Å². The lowest BCUT2D eigenvalue weighted by molar-refractivity contribution is -0.388. The highest BCUT2D eigenvalue weighted by Crippen LogP contribution is 2.40. The van der Waals surface area contributed by atoms with Crippen molar-refractivity contribution in [2.45, 2.75) is 0 Å². The Kier molecular flexibility index (Phi) is 5.03. The number of fused-ring (bicyclic) bond motifs is 4. The Morgan fingerprint density at radius 2 is 1.02 bits per heavy atom. The number of rotatable bonds is 6. The third-order valence-corrected chi connectivity index (χ3v) is 6.94. The van der Waals surface area contributed by atoms with Crippen LogP contribution in [0.5, 0.6) is 0 Å². The molecule has 3 aromatic carbocycles. The van der Waals surface area contributed by atoms with Crippen molar-refractivity contribution in [2.75, 3.05) is 11.7 Å². The van der Waals surface area contributed by atoms with E-state index in [9.17, 15) is 40.5 Å². The molecule has 0 aliphatic rings. The molecule has 0 fully saturated rings. The van der Waals surface area contributed by atoms with Crippen LogP contribution in [0.2, 0.25) is 0 Å². The van der Waals surface area contributed by atoms with Crippen LogP contribution in [0.4, 0.5) is 23.3 Å². The highest BCUT2D eigenvalue weighted by Gasteiger charge is 2.39. The van der Waals surface area contributed by atoms with Crippen molar-refractivity contribution in [2.24, 2.45) is 0 Å².